The number of carbonyl (C=O) groups is 1. The molecule has 3 N–H and O–H groups in total. The van der Waals surface area contributed by atoms with E-state index in [9.17, 15) is 4.79 Å². The van der Waals surface area contributed by atoms with Gasteiger partial charge >= 0.3 is 0 Å². The van der Waals surface area contributed by atoms with Crippen molar-refractivity contribution in [2.24, 2.45) is 11.1 Å². The second-order valence-corrected chi connectivity index (χ2v) is 5.81. The molecule has 102 valence electrons. The van der Waals surface area contributed by atoms with Crippen LogP contribution in [0.2, 0.25) is 0 Å². The van der Waals surface area contributed by atoms with Crippen molar-refractivity contribution < 1.29 is 4.79 Å². The lowest BCUT2D eigenvalue weighted by Gasteiger charge is -2.27. The number of benzene rings is 1. The van der Waals surface area contributed by atoms with Crippen LogP contribution in [0.3, 0.4) is 0 Å². The molecule has 4 nitrogen and oxygen atoms in total. The summed E-state index contributed by atoms with van der Waals surface area (Å²) in [6, 6.07) is 8.54. The zero-order valence-electron chi connectivity index (χ0n) is 11.9. The van der Waals surface area contributed by atoms with Crippen molar-refractivity contribution in [3.63, 3.8) is 0 Å². The molecule has 1 rings (SSSR count). The lowest BCUT2D eigenvalue weighted by atomic mass is 9.86. The zero-order valence-corrected chi connectivity index (χ0v) is 11.9. The third kappa shape index (κ3) is 4.08. The Labute approximate surface area is 114 Å². The fourth-order valence-corrected chi connectivity index (χ4v) is 1.63. The van der Waals surface area contributed by atoms with Gasteiger partial charge in [0.05, 0.1) is 23.7 Å². The molecule has 0 aromatic heterocycles. The van der Waals surface area contributed by atoms with E-state index in [1.165, 1.54) is 0 Å². The van der Waals surface area contributed by atoms with Gasteiger partial charge in [-0.1, -0.05) is 32.9 Å². The van der Waals surface area contributed by atoms with Gasteiger partial charge in [0.25, 0.3) is 0 Å². The molecule has 0 bridgehead atoms. The van der Waals surface area contributed by atoms with Crippen molar-refractivity contribution in [2.75, 3.05) is 0 Å². The maximum absolute atomic E-state index is 12.0. The lowest BCUT2D eigenvalue weighted by molar-refractivity contribution is -0.125. The van der Waals surface area contributed by atoms with Crippen molar-refractivity contribution in [1.82, 2.24) is 5.32 Å². The summed E-state index contributed by atoms with van der Waals surface area (Å²) in [4.78, 5) is 12.0. The van der Waals surface area contributed by atoms with Gasteiger partial charge in [-0.2, -0.15) is 5.26 Å². The number of hydrogen-bond donors (Lipinski definition) is 2. The molecule has 1 amide bonds. The number of rotatable bonds is 3. The van der Waals surface area contributed by atoms with Crippen LogP contribution < -0.4 is 11.1 Å². The predicted octanol–water partition coefficient (Wildman–Crippen LogP) is 2.11. The number of nitrogens with one attached hydrogen (secondary N) is 1. The smallest absolute Gasteiger partial charge is 0.237 e. The highest BCUT2D eigenvalue weighted by atomic mass is 16.2. The molecule has 2 atom stereocenters. The van der Waals surface area contributed by atoms with Crippen LogP contribution in [0.1, 0.15) is 44.9 Å². The van der Waals surface area contributed by atoms with Crippen molar-refractivity contribution >= 4 is 5.91 Å². The molecular formula is C15H21N3O. The first kappa shape index (κ1) is 15.2. The molecule has 1 aromatic rings. The molecule has 0 radical (unpaired) electrons. The van der Waals surface area contributed by atoms with Crippen LogP contribution in [0.25, 0.3) is 0 Å². The maximum Gasteiger partial charge on any atom is 0.237 e. The summed E-state index contributed by atoms with van der Waals surface area (Å²) in [5.74, 6) is -0.163. The number of hydrogen-bond acceptors (Lipinski definition) is 3. The molecule has 19 heavy (non-hydrogen) atoms. The first-order valence-corrected chi connectivity index (χ1v) is 6.31. The van der Waals surface area contributed by atoms with E-state index in [0.29, 0.717) is 5.56 Å². The second kappa shape index (κ2) is 5.85. The molecule has 1 unspecified atom stereocenters. The summed E-state index contributed by atoms with van der Waals surface area (Å²) in [5.41, 5.74) is 7.20. The van der Waals surface area contributed by atoms with E-state index in [-0.39, 0.29) is 17.4 Å². The SMILES string of the molecule is CC(NC(=O)[C@H](N)C(C)(C)C)c1ccc(C#N)cc1. The van der Waals surface area contributed by atoms with Crippen LogP contribution in [0.5, 0.6) is 0 Å². The Morgan fingerprint density at radius 1 is 1.32 bits per heavy atom. The molecular weight excluding hydrogens is 238 g/mol. The minimum absolute atomic E-state index is 0.131. The van der Waals surface area contributed by atoms with E-state index in [1.807, 2.05) is 39.8 Å². The van der Waals surface area contributed by atoms with Crippen molar-refractivity contribution in [3.8, 4) is 6.07 Å². The minimum Gasteiger partial charge on any atom is -0.348 e. The van der Waals surface area contributed by atoms with Crippen molar-refractivity contribution in [2.45, 2.75) is 39.8 Å². The molecule has 0 saturated carbocycles. The Kier molecular flexibility index (Phi) is 4.68. The van der Waals surface area contributed by atoms with Gasteiger partial charge in [0, 0.05) is 0 Å². The summed E-state index contributed by atoms with van der Waals surface area (Å²) in [5, 5.41) is 11.6. The fraction of sp³-hybridized carbons (Fsp3) is 0.467. The van der Waals surface area contributed by atoms with Gasteiger partial charge in [0.2, 0.25) is 5.91 Å². The molecule has 0 fully saturated rings. The Balaban J connectivity index is 2.71. The van der Waals surface area contributed by atoms with Crippen LogP contribution in [-0.2, 0) is 4.79 Å². The quantitative estimate of drug-likeness (QED) is 0.872. The number of amides is 1. The number of carbonyl (C=O) groups excluding carboxylic acids is 1. The third-order valence-electron chi connectivity index (χ3n) is 3.11. The van der Waals surface area contributed by atoms with Crippen LogP contribution in [0, 0.1) is 16.7 Å². The van der Waals surface area contributed by atoms with Crippen molar-refractivity contribution in [3.05, 3.63) is 35.4 Å². The summed E-state index contributed by atoms with van der Waals surface area (Å²) < 4.78 is 0. The molecule has 1 aromatic carbocycles. The van der Waals surface area contributed by atoms with E-state index in [4.69, 9.17) is 11.0 Å². The molecule has 0 saturated heterocycles. The Bertz CT molecular complexity index is 480. The van der Waals surface area contributed by atoms with E-state index in [1.54, 1.807) is 12.1 Å². The van der Waals surface area contributed by atoms with Gasteiger partial charge in [0.15, 0.2) is 0 Å². The molecule has 0 aliphatic rings. The molecule has 4 heteroatoms. The molecule has 0 heterocycles. The fourth-order valence-electron chi connectivity index (χ4n) is 1.63. The highest BCUT2D eigenvalue weighted by molar-refractivity contribution is 5.82. The molecule has 0 spiro atoms. The Morgan fingerprint density at radius 3 is 2.26 bits per heavy atom. The van der Waals surface area contributed by atoms with Gasteiger partial charge in [-0.05, 0) is 30.0 Å². The van der Waals surface area contributed by atoms with Gasteiger partial charge in [-0.25, -0.2) is 0 Å². The van der Waals surface area contributed by atoms with E-state index in [2.05, 4.69) is 11.4 Å². The standard InChI is InChI=1S/C15H21N3O/c1-10(12-7-5-11(9-16)6-8-12)18-14(19)13(17)15(2,3)4/h5-8,10,13H,17H2,1-4H3,(H,18,19)/t10?,13-/m0/s1. The van der Waals surface area contributed by atoms with Crippen molar-refractivity contribution in [1.29, 1.82) is 5.26 Å². The van der Waals surface area contributed by atoms with Crippen LogP contribution in [0.4, 0.5) is 0 Å². The first-order valence-electron chi connectivity index (χ1n) is 6.31. The average Bonchev–Trinajstić information content (AvgIpc) is 2.36. The zero-order chi connectivity index (χ0) is 14.6. The van der Waals surface area contributed by atoms with Gasteiger partial charge in [-0.15, -0.1) is 0 Å². The Morgan fingerprint density at radius 2 is 1.84 bits per heavy atom. The predicted molar refractivity (Wildman–Crippen MR) is 75.1 cm³/mol. The highest BCUT2D eigenvalue weighted by Crippen LogP contribution is 2.19. The summed E-state index contributed by atoms with van der Waals surface area (Å²) in [7, 11) is 0. The number of nitriles is 1. The number of nitrogens with zero attached hydrogens (tertiary/aromatic N) is 1. The van der Waals surface area contributed by atoms with Gasteiger partial charge in [0.1, 0.15) is 0 Å². The van der Waals surface area contributed by atoms with Gasteiger partial charge in [-0.3, -0.25) is 4.79 Å². The van der Waals surface area contributed by atoms with E-state index >= 15 is 0 Å². The monoisotopic (exact) mass is 259 g/mol. The minimum atomic E-state index is -0.548. The number of nitrogens with two attached hydrogens (primary N) is 1. The van der Waals surface area contributed by atoms with Gasteiger partial charge < -0.3 is 11.1 Å². The van der Waals surface area contributed by atoms with Crippen LogP contribution in [-0.4, -0.2) is 11.9 Å². The largest absolute Gasteiger partial charge is 0.348 e. The van der Waals surface area contributed by atoms with Crippen LogP contribution >= 0.6 is 0 Å². The van der Waals surface area contributed by atoms with E-state index < -0.39 is 6.04 Å². The normalized spacial score (nSPS) is 14.3. The third-order valence-corrected chi connectivity index (χ3v) is 3.11. The lowest BCUT2D eigenvalue weighted by Crippen LogP contribution is -2.49. The highest BCUT2D eigenvalue weighted by Gasteiger charge is 2.28. The topological polar surface area (TPSA) is 78.9 Å². The maximum atomic E-state index is 12.0. The average molecular weight is 259 g/mol. The molecule has 0 aliphatic heterocycles. The summed E-state index contributed by atoms with van der Waals surface area (Å²) in [6.07, 6.45) is 0. The second-order valence-electron chi connectivity index (χ2n) is 5.81. The molecule has 0 aliphatic carbocycles. The van der Waals surface area contributed by atoms with E-state index in [0.717, 1.165) is 5.56 Å². The Hall–Kier alpha value is -1.86. The van der Waals surface area contributed by atoms with Crippen LogP contribution in [0.15, 0.2) is 24.3 Å². The summed E-state index contributed by atoms with van der Waals surface area (Å²) in [6.45, 7) is 7.70. The first-order chi connectivity index (χ1) is 8.75. The summed E-state index contributed by atoms with van der Waals surface area (Å²) >= 11 is 0.